The lowest BCUT2D eigenvalue weighted by molar-refractivity contribution is 0.0365. The Bertz CT molecular complexity index is 268. The number of rotatable bonds is 3. The summed E-state index contributed by atoms with van der Waals surface area (Å²) >= 11 is 7.94. The van der Waals surface area contributed by atoms with Gasteiger partial charge in [0.1, 0.15) is 6.10 Å². The minimum Gasteiger partial charge on any atom is -0.389 e. The molecule has 1 heterocycles. The van der Waals surface area contributed by atoms with Crippen molar-refractivity contribution in [1.29, 1.82) is 0 Å². The molecule has 0 aliphatic rings. The Morgan fingerprint density at radius 2 is 2.15 bits per heavy atom. The number of halogens is 2. The summed E-state index contributed by atoms with van der Waals surface area (Å²) in [6.07, 6.45) is -1.54. The van der Waals surface area contributed by atoms with Crippen molar-refractivity contribution in [3.8, 4) is 0 Å². The maximum Gasteiger partial charge on any atom is 0.115 e. The predicted molar refractivity (Wildman–Crippen MR) is 61.5 cm³/mol. The molecule has 1 aromatic heterocycles. The lowest BCUT2D eigenvalue weighted by atomic mass is 10.2. The van der Waals surface area contributed by atoms with E-state index in [1.807, 2.05) is 13.0 Å². The zero-order chi connectivity index (χ0) is 10.0. The van der Waals surface area contributed by atoms with Crippen LogP contribution in [-0.2, 0) is 0 Å². The molecule has 2 N–H and O–H groups in total. The SMILES string of the molecule is Cc1cc(C(O)C(O)CBr)sc1Br. The third kappa shape index (κ3) is 2.76. The quantitative estimate of drug-likeness (QED) is 0.837. The van der Waals surface area contributed by atoms with Gasteiger partial charge in [-0.2, -0.15) is 0 Å². The van der Waals surface area contributed by atoms with Gasteiger partial charge in [0.05, 0.1) is 9.89 Å². The third-order valence-electron chi connectivity index (χ3n) is 1.69. The van der Waals surface area contributed by atoms with Crippen LogP contribution in [0.1, 0.15) is 16.5 Å². The molecule has 0 saturated carbocycles. The van der Waals surface area contributed by atoms with E-state index >= 15 is 0 Å². The summed E-state index contributed by atoms with van der Waals surface area (Å²) in [5.41, 5.74) is 1.08. The van der Waals surface area contributed by atoms with Crippen molar-refractivity contribution in [2.75, 3.05) is 5.33 Å². The maximum atomic E-state index is 9.64. The number of aliphatic hydroxyl groups excluding tert-OH is 2. The summed E-state index contributed by atoms with van der Waals surface area (Å²) in [6, 6.07) is 1.88. The number of hydrogen-bond acceptors (Lipinski definition) is 3. The summed E-state index contributed by atoms with van der Waals surface area (Å²) in [5.74, 6) is 0. The van der Waals surface area contributed by atoms with Crippen LogP contribution in [0.5, 0.6) is 0 Å². The molecule has 0 aliphatic heterocycles. The topological polar surface area (TPSA) is 40.5 Å². The third-order valence-corrected chi connectivity index (χ3v) is 4.56. The summed E-state index contributed by atoms with van der Waals surface area (Å²) in [4.78, 5) is 0.788. The van der Waals surface area contributed by atoms with E-state index in [0.29, 0.717) is 5.33 Å². The van der Waals surface area contributed by atoms with Crippen LogP contribution in [-0.4, -0.2) is 21.6 Å². The summed E-state index contributed by atoms with van der Waals surface area (Å²) in [7, 11) is 0. The van der Waals surface area contributed by atoms with Gasteiger partial charge >= 0.3 is 0 Å². The van der Waals surface area contributed by atoms with Crippen LogP contribution < -0.4 is 0 Å². The van der Waals surface area contributed by atoms with Gasteiger partial charge in [-0.05, 0) is 34.5 Å². The second-order valence-corrected chi connectivity index (χ2v) is 5.82. The molecule has 2 nitrogen and oxygen atoms in total. The molecule has 0 amide bonds. The second kappa shape index (κ2) is 4.89. The first-order valence-electron chi connectivity index (χ1n) is 3.74. The van der Waals surface area contributed by atoms with E-state index in [2.05, 4.69) is 31.9 Å². The Kier molecular flexibility index (Phi) is 4.38. The monoisotopic (exact) mass is 328 g/mol. The van der Waals surface area contributed by atoms with Crippen molar-refractivity contribution in [3.05, 3.63) is 20.3 Å². The van der Waals surface area contributed by atoms with E-state index in [9.17, 15) is 10.2 Å². The molecule has 1 aromatic rings. The molecule has 0 saturated heterocycles. The molecule has 2 unspecified atom stereocenters. The van der Waals surface area contributed by atoms with Crippen molar-refractivity contribution in [3.63, 3.8) is 0 Å². The van der Waals surface area contributed by atoms with Crippen molar-refractivity contribution in [2.24, 2.45) is 0 Å². The largest absolute Gasteiger partial charge is 0.389 e. The van der Waals surface area contributed by atoms with Gasteiger partial charge in [-0.3, -0.25) is 0 Å². The van der Waals surface area contributed by atoms with Gasteiger partial charge < -0.3 is 10.2 Å². The molecule has 0 fully saturated rings. The van der Waals surface area contributed by atoms with E-state index < -0.39 is 12.2 Å². The van der Waals surface area contributed by atoms with Crippen LogP contribution in [0.4, 0.5) is 0 Å². The Hall–Kier alpha value is 0.580. The summed E-state index contributed by atoms with van der Waals surface area (Å²) in [5, 5.41) is 19.4. The van der Waals surface area contributed by atoms with E-state index in [1.165, 1.54) is 11.3 Å². The Morgan fingerprint density at radius 1 is 1.54 bits per heavy atom. The first-order chi connectivity index (χ1) is 6.06. The van der Waals surface area contributed by atoms with Gasteiger partial charge in [-0.1, -0.05) is 15.9 Å². The fourth-order valence-electron chi connectivity index (χ4n) is 0.903. The van der Waals surface area contributed by atoms with Crippen molar-refractivity contribution >= 4 is 43.2 Å². The first-order valence-corrected chi connectivity index (χ1v) is 6.47. The van der Waals surface area contributed by atoms with Gasteiger partial charge in [-0.15, -0.1) is 11.3 Å². The highest BCUT2D eigenvalue weighted by molar-refractivity contribution is 9.11. The van der Waals surface area contributed by atoms with Crippen molar-refractivity contribution < 1.29 is 10.2 Å². The molecule has 13 heavy (non-hydrogen) atoms. The van der Waals surface area contributed by atoms with Crippen molar-refractivity contribution in [2.45, 2.75) is 19.1 Å². The molecule has 5 heteroatoms. The maximum absolute atomic E-state index is 9.64. The first kappa shape index (κ1) is 11.7. The van der Waals surface area contributed by atoms with Crippen LogP contribution in [0.2, 0.25) is 0 Å². The van der Waals surface area contributed by atoms with Crippen LogP contribution >= 0.6 is 43.2 Å². The highest BCUT2D eigenvalue weighted by Crippen LogP contribution is 2.32. The van der Waals surface area contributed by atoms with Gasteiger partial charge in [0.15, 0.2) is 0 Å². The minimum atomic E-state index is -0.797. The van der Waals surface area contributed by atoms with E-state index in [-0.39, 0.29) is 0 Å². The minimum absolute atomic E-state index is 0.378. The van der Waals surface area contributed by atoms with Crippen LogP contribution in [0.15, 0.2) is 9.85 Å². The average molecular weight is 330 g/mol. The van der Waals surface area contributed by atoms with Crippen LogP contribution in [0, 0.1) is 6.92 Å². The van der Waals surface area contributed by atoms with E-state index in [0.717, 1.165) is 14.2 Å². The van der Waals surface area contributed by atoms with Crippen LogP contribution in [0.3, 0.4) is 0 Å². The van der Waals surface area contributed by atoms with Gasteiger partial charge in [0.25, 0.3) is 0 Å². The molecular formula is C8H10Br2O2S. The van der Waals surface area contributed by atoms with E-state index in [4.69, 9.17) is 0 Å². The lowest BCUT2D eigenvalue weighted by Gasteiger charge is -2.12. The number of hydrogen-bond donors (Lipinski definition) is 2. The zero-order valence-electron chi connectivity index (χ0n) is 7.00. The molecule has 0 aromatic carbocycles. The molecule has 0 bridgehead atoms. The summed E-state index contributed by atoms with van der Waals surface area (Å²) < 4.78 is 1.00. The normalized spacial score (nSPS) is 15.8. The highest BCUT2D eigenvalue weighted by atomic mass is 79.9. The Balaban J connectivity index is 2.82. The molecule has 74 valence electrons. The number of thiophene rings is 1. The molecule has 1 rings (SSSR count). The highest BCUT2D eigenvalue weighted by Gasteiger charge is 2.19. The average Bonchev–Trinajstić information content (AvgIpc) is 2.44. The fourth-order valence-corrected chi connectivity index (χ4v) is 2.87. The van der Waals surface area contributed by atoms with Gasteiger partial charge in [-0.25, -0.2) is 0 Å². The van der Waals surface area contributed by atoms with Gasteiger partial charge in [0, 0.05) is 10.2 Å². The lowest BCUT2D eigenvalue weighted by Crippen LogP contribution is -2.18. The van der Waals surface area contributed by atoms with Gasteiger partial charge in [0.2, 0.25) is 0 Å². The molecule has 0 aliphatic carbocycles. The number of aliphatic hydroxyl groups is 2. The smallest absolute Gasteiger partial charge is 0.115 e. The Labute approximate surface area is 97.9 Å². The van der Waals surface area contributed by atoms with Crippen molar-refractivity contribution in [1.82, 2.24) is 0 Å². The predicted octanol–water partition coefficient (Wildman–Crippen LogP) is 2.61. The second-order valence-electron chi connectivity index (χ2n) is 2.77. The zero-order valence-corrected chi connectivity index (χ0v) is 11.0. The Morgan fingerprint density at radius 3 is 2.54 bits per heavy atom. The number of alkyl halides is 1. The molecule has 0 spiro atoms. The standard InChI is InChI=1S/C8H10Br2O2S/c1-4-2-6(13-8(4)10)7(12)5(11)3-9/h2,5,7,11-12H,3H2,1H3. The molecule has 2 atom stereocenters. The van der Waals surface area contributed by atoms with E-state index in [1.54, 1.807) is 0 Å². The molecule has 0 radical (unpaired) electrons. The fraction of sp³-hybridized carbons (Fsp3) is 0.500. The molecular weight excluding hydrogens is 320 g/mol. The number of aryl methyl sites for hydroxylation is 1. The van der Waals surface area contributed by atoms with Crippen LogP contribution in [0.25, 0.3) is 0 Å². The summed E-state index contributed by atoms with van der Waals surface area (Å²) in [6.45, 7) is 1.96.